The van der Waals surface area contributed by atoms with Crippen molar-refractivity contribution < 1.29 is 23.8 Å². The number of aromatic nitrogens is 2. The van der Waals surface area contributed by atoms with E-state index in [1.807, 2.05) is 0 Å². The first-order valence-electron chi connectivity index (χ1n) is 9.93. The minimum absolute atomic E-state index is 0.118. The number of amides is 2. The summed E-state index contributed by atoms with van der Waals surface area (Å²) in [7, 11) is 4.58. The highest BCUT2D eigenvalue weighted by Crippen LogP contribution is 2.39. The molecule has 3 rings (SSSR count). The summed E-state index contributed by atoms with van der Waals surface area (Å²) in [5.74, 6) is 1.18. The summed E-state index contributed by atoms with van der Waals surface area (Å²) in [4.78, 5) is 36.8. The van der Waals surface area contributed by atoms with Crippen molar-refractivity contribution in [1.82, 2.24) is 19.8 Å². The van der Waals surface area contributed by atoms with E-state index in [9.17, 15) is 9.59 Å². The van der Waals surface area contributed by atoms with Crippen molar-refractivity contribution in [3.8, 4) is 17.2 Å². The molecule has 0 saturated carbocycles. The van der Waals surface area contributed by atoms with E-state index in [1.54, 1.807) is 17.0 Å². The van der Waals surface area contributed by atoms with E-state index in [4.69, 9.17) is 14.2 Å². The summed E-state index contributed by atoms with van der Waals surface area (Å²) in [6.07, 6.45) is 4.85. The molecular formula is C21H27N5O5. The zero-order chi connectivity index (χ0) is 22.2. The minimum atomic E-state index is -0.118. The maximum Gasteiger partial charge on any atom is 0.274 e. The van der Waals surface area contributed by atoms with Gasteiger partial charge in [-0.25, -0.2) is 4.98 Å². The van der Waals surface area contributed by atoms with Crippen LogP contribution >= 0.6 is 0 Å². The Labute approximate surface area is 181 Å². The highest BCUT2D eigenvalue weighted by Gasteiger charge is 2.23. The fourth-order valence-corrected chi connectivity index (χ4v) is 3.38. The van der Waals surface area contributed by atoms with E-state index in [-0.39, 0.29) is 11.8 Å². The van der Waals surface area contributed by atoms with Gasteiger partial charge in [0.25, 0.3) is 5.91 Å². The number of hydrogen-bond donors (Lipinski definition) is 1. The molecule has 1 N–H and O–H groups in total. The molecule has 2 heterocycles. The fraction of sp³-hybridized carbons (Fsp3) is 0.429. The Balaban J connectivity index is 1.48. The molecule has 0 unspecified atom stereocenters. The van der Waals surface area contributed by atoms with E-state index < -0.39 is 0 Å². The molecule has 1 fully saturated rings. The Kier molecular flexibility index (Phi) is 7.60. The molecule has 2 aromatic rings. The highest BCUT2D eigenvalue weighted by molar-refractivity contribution is 5.92. The minimum Gasteiger partial charge on any atom is -0.493 e. The number of rotatable bonds is 8. The number of benzene rings is 1. The van der Waals surface area contributed by atoms with E-state index in [0.29, 0.717) is 67.8 Å². The quantitative estimate of drug-likeness (QED) is 0.669. The van der Waals surface area contributed by atoms with Crippen molar-refractivity contribution >= 4 is 17.5 Å². The third-order valence-electron chi connectivity index (χ3n) is 5.05. The molecule has 10 nitrogen and oxygen atoms in total. The topological polar surface area (TPSA) is 106 Å². The molecule has 1 aliphatic heterocycles. The Morgan fingerprint density at radius 1 is 1.00 bits per heavy atom. The van der Waals surface area contributed by atoms with Gasteiger partial charge in [0.15, 0.2) is 11.5 Å². The van der Waals surface area contributed by atoms with Crippen LogP contribution in [-0.4, -0.2) is 85.6 Å². The van der Waals surface area contributed by atoms with Crippen molar-refractivity contribution in [1.29, 1.82) is 0 Å². The largest absolute Gasteiger partial charge is 0.493 e. The predicted octanol–water partition coefficient (Wildman–Crippen LogP) is 1.29. The molecule has 0 atom stereocenters. The van der Waals surface area contributed by atoms with Crippen molar-refractivity contribution in [3.63, 3.8) is 0 Å². The molecule has 1 aromatic heterocycles. The first kappa shape index (κ1) is 22.3. The number of carbonyl (C=O) groups is 2. The van der Waals surface area contributed by atoms with Gasteiger partial charge in [-0.05, 0) is 0 Å². The summed E-state index contributed by atoms with van der Waals surface area (Å²) < 4.78 is 15.9. The number of anilines is 1. The van der Waals surface area contributed by atoms with E-state index in [2.05, 4.69) is 20.2 Å². The van der Waals surface area contributed by atoms with Gasteiger partial charge in [0.1, 0.15) is 5.69 Å². The number of ether oxygens (including phenoxy) is 3. The SMILES string of the molecule is COc1cc(NC(=O)CCN2CCN(C(=O)c3cnccn3)CC2)cc(OC)c1OC. The molecule has 166 valence electrons. The van der Waals surface area contributed by atoms with Crippen LogP contribution in [0.25, 0.3) is 0 Å². The zero-order valence-electron chi connectivity index (χ0n) is 18.0. The maximum absolute atomic E-state index is 12.4. The second-order valence-electron chi connectivity index (χ2n) is 6.94. The second kappa shape index (κ2) is 10.6. The van der Waals surface area contributed by atoms with Gasteiger partial charge in [0.2, 0.25) is 11.7 Å². The van der Waals surface area contributed by atoms with Crippen LogP contribution in [0, 0.1) is 0 Å². The molecule has 10 heteroatoms. The molecule has 31 heavy (non-hydrogen) atoms. The molecule has 2 amide bonds. The number of methoxy groups -OCH3 is 3. The van der Waals surface area contributed by atoms with Gasteiger partial charge in [-0.2, -0.15) is 0 Å². The van der Waals surface area contributed by atoms with Gasteiger partial charge in [-0.3, -0.25) is 19.5 Å². The first-order valence-corrected chi connectivity index (χ1v) is 9.93. The summed E-state index contributed by atoms with van der Waals surface area (Å²) >= 11 is 0. The summed E-state index contributed by atoms with van der Waals surface area (Å²) in [5, 5.41) is 2.87. The number of nitrogens with zero attached hydrogens (tertiary/aromatic N) is 4. The van der Waals surface area contributed by atoms with Crippen LogP contribution in [0.5, 0.6) is 17.2 Å². The smallest absolute Gasteiger partial charge is 0.274 e. The summed E-state index contributed by atoms with van der Waals surface area (Å²) in [5.41, 5.74) is 0.916. The number of hydrogen-bond acceptors (Lipinski definition) is 8. The van der Waals surface area contributed by atoms with Crippen LogP contribution in [-0.2, 0) is 4.79 Å². The maximum atomic E-state index is 12.4. The Morgan fingerprint density at radius 2 is 1.68 bits per heavy atom. The van der Waals surface area contributed by atoms with Crippen LogP contribution < -0.4 is 19.5 Å². The average molecular weight is 429 g/mol. The van der Waals surface area contributed by atoms with Crippen molar-refractivity contribution in [2.24, 2.45) is 0 Å². The second-order valence-corrected chi connectivity index (χ2v) is 6.94. The standard InChI is InChI=1S/C21H27N5O5/c1-29-17-12-15(13-18(30-2)20(17)31-3)24-19(27)4-7-25-8-10-26(11-9-25)21(28)16-14-22-5-6-23-16/h5-6,12-14H,4,7-11H2,1-3H3,(H,24,27). The fourth-order valence-electron chi connectivity index (χ4n) is 3.38. The van der Waals surface area contributed by atoms with Gasteiger partial charge >= 0.3 is 0 Å². The van der Waals surface area contributed by atoms with Crippen molar-refractivity contribution in [3.05, 3.63) is 36.4 Å². The van der Waals surface area contributed by atoms with Gasteiger partial charge < -0.3 is 24.4 Å². The lowest BCUT2D eigenvalue weighted by Crippen LogP contribution is -2.49. The Morgan fingerprint density at radius 3 is 2.23 bits per heavy atom. The first-order chi connectivity index (χ1) is 15.0. The molecule has 0 bridgehead atoms. The predicted molar refractivity (Wildman–Crippen MR) is 114 cm³/mol. The Hall–Kier alpha value is -3.40. The number of carbonyl (C=O) groups excluding carboxylic acids is 2. The lowest BCUT2D eigenvalue weighted by atomic mass is 10.2. The zero-order valence-corrected chi connectivity index (χ0v) is 18.0. The molecule has 1 aliphatic rings. The van der Waals surface area contributed by atoms with Crippen LogP contribution in [0.1, 0.15) is 16.9 Å². The normalized spacial score (nSPS) is 14.1. The monoisotopic (exact) mass is 429 g/mol. The van der Waals surface area contributed by atoms with Crippen LogP contribution in [0.15, 0.2) is 30.7 Å². The Bertz CT molecular complexity index is 875. The van der Waals surface area contributed by atoms with E-state index >= 15 is 0 Å². The lowest BCUT2D eigenvalue weighted by molar-refractivity contribution is -0.116. The van der Waals surface area contributed by atoms with E-state index in [0.717, 1.165) is 0 Å². The summed E-state index contributed by atoms with van der Waals surface area (Å²) in [6.45, 7) is 3.17. The van der Waals surface area contributed by atoms with Crippen LogP contribution in [0.4, 0.5) is 5.69 Å². The lowest BCUT2D eigenvalue weighted by Gasteiger charge is -2.34. The summed E-state index contributed by atoms with van der Waals surface area (Å²) in [6, 6.07) is 3.38. The van der Waals surface area contributed by atoms with E-state index in [1.165, 1.54) is 39.9 Å². The average Bonchev–Trinajstić information content (AvgIpc) is 2.82. The van der Waals surface area contributed by atoms with Crippen molar-refractivity contribution in [2.45, 2.75) is 6.42 Å². The third-order valence-corrected chi connectivity index (χ3v) is 5.05. The van der Waals surface area contributed by atoms with Crippen molar-refractivity contribution in [2.75, 3.05) is 59.4 Å². The molecule has 0 spiro atoms. The molecular weight excluding hydrogens is 402 g/mol. The van der Waals surface area contributed by atoms with Gasteiger partial charge in [-0.15, -0.1) is 0 Å². The molecule has 1 aromatic carbocycles. The number of piperazine rings is 1. The molecule has 1 saturated heterocycles. The van der Waals surface area contributed by atoms with Crippen LogP contribution in [0.2, 0.25) is 0 Å². The molecule has 0 aliphatic carbocycles. The molecule has 0 radical (unpaired) electrons. The van der Waals surface area contributed by atoms with Gasteiger partial charge in [-0.1, -0.05) is 0 Å². The van der Waals surface area contributed by atoms with Crippen LogP contribution in [0.3, 0.4) is 0 Å². The highest BCUT2D eigenvalue weighted by atomic mass is 16.5. The third kappa shape index (κ3) is 5.60. The number of nitrogens with one attached hydrogen (secondary N) is 1. The van der Waals surface area contributed by atoms with Gasteiger partial charge in [0, 0.05) is 69.4 Å². The van der Waals surface area contributed by atoms with Gasteiger partial charge in [0.05, 0.1) is 27.5 Å².